The molecule has 4 aliphatic rings. The van der Waals surface area contributed by atoms with E-state index in [1.807, 2.05) is 4.90 Å². The average molecular weight is 500 g/mol. The van der Waals surface area contributed by atoms with Crippen LogP contribution in [0, 0.1) is 11.8 Å². The van der Waals surface area contributed by atoms with Gasteiger partial charge in [0.1, 0.15) is 22.8 Å². The fraction of sp³-hybridized carbons (Fsp3) is 0.480. The van der Waals surface area contributed by atoms with Gasteiger partial charge in [-0.15, -0.1) is 0 Å². The normalized spacial score (nSPS) is 30.3. The Bertz CT molecular complexity index is 1250. The fourth-order valence-corrected chi connectivity index (χ4v) is 6.27. The zero-order valence-electron chi connectivity index (χ0n) is 20.0. The monoisotopic (exact) mass is 499 g/mol. The number of amides is 1. The van der Waals surface area contributed by atoms with Gasteiger partial charge in [-0.1, -0.05) is 6.07 Å². The number of allylic oxidation sites excluding steroid dienone is 1. The number of rotatable bonds is 3. The van der Waals surface area contributed by atoms with Crippen molar-refractivity contribution in [2.45, 2.75) is 24.5 Å². The number of ether oxygens (including phenoxy) is 1. The van der Waals surface area contributed by atoms with E-state index in [1.54, 1.807) is 26.2 Å². The van der Waals surface area contributed by atoms with Gasteiger partial charge in [-0.05, 0) is 44.5 Å². The third-order valence-electron chi connectivity index (χ3n) is 7.93. The van der Waals surface area contributed by atoms with E-state index >= 15 is 0 Å². The number of likely N-dealkylation sites (N-methyl/N-ethyl adjacent to an activating group) is 1. The van der Waals surface area contributed by atoms with E-state index in [2.05, 4.69) is 0 Å². The molecule has 1 aromatic carbocycles. The number of ketones is 2. The smallest absolute Gasteiger partial charge is 0.255 e. The SMILES string of the molecule is CN(C)C1C(O)=C(C(N)=O)C(=O)C2(O)C(O)=C3C(=O)c4c(ccc(N5CCOCC5)c4O)CC3CC12. The number of fused-ring (bicyclic) bond motifs is 3. The lowest BCUT2D eigenvalue weighted by Crippen LogP contribution is -2.63. The predicted molar refractivity (Wildman–Crippen MR) is 127 cm³/mol. The Hall–Kier alpha value is -3.41. The highest BCUT2D eigenvalue weighted by atomic mass is 16.5. The summed E-state index contributed by atoms with van der Waals surface area (Å²) in [5.41, 5.74) is 2.79. The maximum atomic E-state index is 13.7. The largest absolute Gasteiger partial charge is 0.510 e. The maximum Gasteiger partial charge on any atom is 0.255 e. The van der Waals surface area contributed by atoms with E-state index in [-0.39, 0.29) is 29.7 Å². The number of nitrogens with zero attached hydrogens (tertiary/aromatic N) is 2. The molecule has 1 aromatic rings. The van der Waals surface area contributed by atoms with Crippen molar-refractivity contribution < 1.29 is 39.5 Å². The molecule has 1 saturated heterocycles. The van der Waals surface area contributed by atoms with E-state index < -0.39 is 58.0 Å². The molecule has 3 aliphatic carbocycles. The molecule has 0 saturated carbocycles. The first-order chi connectivity index (χ1) is 17.0. The van der Waals surface area contributed by atoms with Crippen LogP contribution in [0.2, 0.25) is 0 Å². The molecule has 11 nitrogen and oxygen atoms in total. The highest BCUT2D eigenvalue weighted by molar-refractivity contribution is 6.24. The third kappa shape index (κ3) is 3.19. The van der Waals surface area contributed by atoms with Crippen LogP contribution in [-0.4, -0.2) is 94.8 Å². The van der Waals surface area contributed by atoms with Crippen LogP contribution in [0.4, 0.5) is 5.69 Å². The Balaban J connectivity index is 1.66. The first-order valence-corrected chi connectivity index (χ1v) is 11.8. The molecule has 0 aromatic heterocycles. The second-order valence-corrected chi connectivity index (χ2v) is 10.0. The molecule has 0 spiro atoms. The number of benzene rings is 1. The van der Waals surface area contributed by atoms with E-state index in [0.29, 0.717) is 37.6 Å². The molecule has 11 heteroatoms. The number of hydrogen-bond acceptors (Lipinski definition) is 10. The summed E-state index contributed by atoms with van der Waals surface area (Å²) < 4.78 is 5.36. The van der Waals surface area contributed by atoms with Crippen molar-refractivity contribution >= 4 is 23.2 Å². The van der Waals surface area contributed by atoms with Gasteiger partial charge in [0.15, 0.2) is 11.4 Å². The van der Waals surface area contributed by atoms with Gasteiger partial charge in [-0.2, -0.15) is 0 Å². The summed E-state index contributed by atoms with van der Waals surface area (Å²) in [6, 6.07) is 2.51. The molecule has 0 bridgehead atoms. The van der Waals surface area contributed by atoms with Crippen molar-refractivity contribution in [1.29, 1.82) is 0 Å². The quantitative estimate of drug-likeness (QED) is 0.355. The first kappa shape index (κ1) is 24.3. The summed E-state index contributed by atoms with van der Waals surface area (Å²) in [6.07, 6.45) is 0.337. The van der Waals surface area contributed by atoms with Crippen LogP contribution >= 0.6 is 0 Å². The molecule has 4 atom stereocenters. The number of carbonyl (C=O) groups is 3. The number of Topliss-reactive ketones (excluding diaryl/α,β-unsaturated/α-hetero) is 2. The van der Waals surface area contributed by atoms with E-state index in [1.165, 1.54) is 4.90 Å². The van der Waals surface area contributed by atoms with Gasteiger partial charge in [-0.25, -0.2) is 0 Å². The number of aliphatic hydroxyl groups excluding tert-OH is 2. The molecule has 6 N–H and O–H groups in total. The standard InChI is InChI=1S/C25H29N3O8/c1-27(2)18-13-10-12-9-11-3-4-14(28-5-7-36-8-6-28)19(29)15(11)20(30)16(12)22(32)25(13,35)23(33)17(21(18)31)24(26)34/h3-4,12-13,18,29,31-32,35H,5-10H2,1-2H3,(H2,26,34). The Morgan fingerprint density at radius 2 is 1.83 bits per heavy atom. The Kier molecular flexibility index (Phi) is 5.62. The van der Waals surface area contributed by atoms with Gasteiger partial charge in [0.05, 0.1) is 30.5 Å². The number of aromatic hydroxyl groups is 1. The van der Waals surface area contributed by atoms with Crippen LogP contribution < -0.4 is 10.6 Å². The minimum absolute atomic E-state index is 0.0137. The number of phenolic OH excluding ortho intramolecular Hbond substituents is 1. The van der Waals surface area contributed by atoms with Gasteiger partial charge in [-0.3, -0.25) is 19.3 Å². The van der Waals surface area contributed by atoms with Crippen LogP contribution in [-0.2, 0) is 20.7 Å². The minimum Gasteiger partial charge on any atom is -0.510 e. The number of nitrogens with two attached hydrogens (primary N) is 1. The molecule has 1 aliphatic heterocycles. The number of aliphatic hydroxyl groups is 3. The zero-order valence-corrected chi connectivity index (χ0v) is 20.0. The highest BCUT2D eigenvalue weighted by Crippen LogP contribution is 2.52. The number of morpholine rings is 1. The molecule has 192 valence electrons. The molecule has 5 rings (SSSR count). The second kappa shape index (κ2) is 8.32. The van der Waals surface area contributed by atoms with Gasteiger partial charge in [0.25, 0.3) is 5.91 Å². The summed E-state index contributed by atoms with van der Waals surface area (Å²) in [6.45, 7) is 2.02. The summed E-state index contributed by atoms with van der Waals surface area (Å²) >= 11 is 0. The molecular weight excluding hydrogens is 470 g/mol. The summed E-state index contributed by atoms with van der Waals surface area (Å²) in [4.78, 5) is 42.5. The molecular formula is C25H29N3O8. The second-order valence-electron chi connectivity index (χ2n) is 10.0. The van der Waals surface area contributed by atoms with Gasteiger partial charge < -0.3 is 35.8 Å². The maximum absolute atomic E-state index is 13.7. The topological polar surface area (TPSA) is 174 Å². The van der Waals surface area contributed by atoms with Crippen molar-refractivity contribution in [2.75, 3.05) is 45.3 Å². The van der Waals surface area contributed by atoms with E-state index in [4.69, 9.17) is 10.5 Å². The molecule has 36 heavy (non-hydrogen) atoms. The molecule has 0 radical (unpaired) electrons. The lowest BCUT2D eigenvalue weighted by atomic mass is 9.58. The lowest BCUT2D eigenvalue weighted by Gasteiger charge is -2.50. The number of anilines is 1. The van der Waals surface area contributed by atoms with Gasteiger partial charge in [0.2, 0.25) is 5.78 Å². The molecule has 1 heterocycles. The van der Waals surface area contributed by atoms with Gasteiger partial charge >= 0.3 is 0 Å². The summed E-state index contributed by atoms with van der Waals surface area (Å²) in [5.74, 6) is -6.48. The van der Waals surface area contributed by atoms with Crippen molar-refractivity contribution in [1.82, 2.24) is 4.90 Å². The van der Waals surface area contributed by atoms with Crippen molar-refractivity contribution in [2.24, 2.45) is 17.6 Å². The molecule has 1 amide bonds. The van der Waals surface area contributed by atoms with Crippen LogP contribution in [0.15, 0.2) is 34.8 Å². The van der Waals surface area contributed by atoms with Crippen LogP contribution in [0.1, 0.15) is 22.3 Å². The number of phenols is 1. The average Bonchev–Trinajstić information content (AvgIpc) is 2.81. The predicted octanol–water partition coefficient (Wildman–Crippen LogP) is -0.0428. The van der Waals surface area contributed by atoms with Crippen LogP contribution in [0.5, 0.6) is 5.75 Å². The lowest BCUT2D eigenvalue weighted by molar-refractivity contribution is -0.148. The highest BCUT2D eigenvalue weighted by Gasteiger charge is 2.63. The summed E-state index contributed by atoms with van der Waals surface area (Å²) in [7, 11) is 3.19. The number of carbonyl (C=O) groups excluding carboxylic acids is 3. The molecule has 4 unspecified atom stereocenters. The fourth-order valence-electron chi connectivity index (χ4n) is 6.27. The molecule has 1 fully saturated rings. The van der Waals surface area contributed by atoms with Crippen LogP contribution in [0.25, 0.3) is 0 Å². The zero-order chi connectivity index (χ0) is 26.1. The van der Waals surface area contributed by atoms with Crippen LogP contribution in [0.3, 0.4) is 0 Å². The van der Waals surface area contributed by atoms with E-state index in [9.17, 15) is 34.8 Å². The Labute approximate surface area is 207 Å². The van der Waals surface area contributed by atoms with Crippen molar-refractivity contribution in [3.05, 3.63) is 45.9 Å². The van der Waals surface area contributed by atoms with Gasteiger partial charge in [0, 0.05) is 24.6 Å². The Morgan fingerprint density at radius 3 is 2.44 bits per heavy atom. The van der Waals surface area contributed by atoms with Crippen molar-refractivity contribution in [3.63, 3.8) is 0 Å². The summed E-state index contributed by atoms with van der Waals surface area (Å²) in [5, 5.41) is 44.8. The number of primary amides is 1. The third-order valence-corrected chi connectivity index (χ3v) is 7.93. The first-order valence-electron chi connectivity index (χ1n) is 11.8. The minimum atomic E-state index is -2.64. The Morgan fingerprint density at radius 1 is 1.17 bits per heavy atom. The van der Waals surface area contributed by atoms with E-state index in [0.717, 1.165) is 0 Å². The number of hydrogen-bond donors (Lipinski definition) is 5. The van der Waals surface area contributed by atoms with Crippen molar-refractivity contribution in [3.8, 4) is 5.75 Å².